The van der Waals surface area contributed by atoms with Gasteiger partial charge in [-0.15, -0.1) is 11.3 Å². The second kappa shape index (κ2) is 4.15. The Morgan fingerprint density at radius 1 is 1.18 bits per heavy atom. The SMILES string of the molecule is Cc1ccccc1-c1nc(C(C)(C)C)sc1N. The number of hydrogen-bond acceptors (Lipinski definition) is 3. The van der Waals surface area contributed by atoms with E-state index in [2.05, 4.69) is 39.8 Å². The Kier molecular flexibility index (Phi) is 2.96. The van der Waals surface area contributed by atoms with Crippen molar-refractivity contribution >= 4 is 16.3 Å². The number of anilines is 1. The number of nitrogen functional groups attached to an aromatic ring is 1. The lowest BCUT2D eigenvalue weighted by atomic mass is 9.98. The van der Waals surface area contributed by atoms with E-state index in [0.29, 0.717) is 0 Å². The highest BCUT2D eigenvalue weighted by atomic mass is 32.1. The molecular weight excluding hydrogens is 228 g/mol. The van der Waals surface area contributed by atoms with Crippen LogP contribution in [0.1, 0.15) is 31.3 Å². The van der Waals surface area contributed by atoms with Crippen LogP contribution < -0.4 is 5.73 Å². The van der Waals surface area contributed by atoms with Crippen LogP contribution in [-0.4, -0.2) is 4.98 Å². The van der Waals surface area contributed by atoms with Crippen LogP contribution in [0.15, 0.2) is 24.3 Å². The summed E-state index contributed by atoms with van der Waals surface area (Å²) in [5, 5.41) is 1.90. The third-order valence-corrected chi connectivity index (χ3v) is 4.01. The number of benzene rings is 1. The molecule has 90 valence electrons. The van der Waals surface area contributed by atoms with E-state index in [1.807, 2.05) is 12.1 Å². The summed E-state index contributed by atoms with van der Waals surface area (Å²) in [5.41, 5.74) is 9.43. The lowest BCUT2D eigenvalue weighted by Gasteiger charge is -2.13. The Balaban J connectivity index is 2.55. The number of rotatable bonds is 1. The summed E-state index contributed by atoms with van der Waals surface area (Å²) in [6, 6.07) is 8.22. The lowest BCUT2D eigenvalue weighted by molar-refractivity contribution is 0.586. The van der Waals surface area contributed by atoms with Crippen molar-refractivity contribution in [3.8, 4) is 11.3 Å². The van der Waals surface area contributed by atoms with Gasteiger partial charge in [0.05, 0.1) is 0 Å². The van der Waals surface area contributed by atoms with Gasteiger partial charge in [0.1, 0.15) is 15.7 Å². The zero-order valence-electron chi connectivity index (χ0n) is 10.7. The van der Waals surface area contributed by atoms with Crippen molar-refractivity contribution in [2.45, 2.75) is 33.1 Å². The van der Waals surface area contributed by atoms with Crippen LogP contribution in [0.5, 0.6) is 0 Å². The Labute approximate surface area is 107 Å². The van der Waals surface area contributed by atoms with Gasteiger partial charge in [-0.3, -0.25) is 0 Å². The van der Waals surface area contributed by atoms with Crippen LogP contribution in [-0.2, 0) is 5.41 Å². The molecule has 1 heterocycles. The second-order valence-electron chi connectivity index (χ2n) is 5.30. The largest absolute Gasteiger partial charge is 0.389 e. The average molecular weight is 246 g/mol. The first-order valence-corrected chi connectivity index (χ1v) is 6.54. The minimum atomic E-state index is 0.0553. The molecule has 0 aliphatic carbocycles. The minimum absolute atomic E-state index is 0.0553. The molecule has 2 nitrogen and oxygen atoms in total. The van der Waals surface area contributed by atoms with Gasteiger partial charge in [0.2, 0.25) is 0 Å². The number of nitrogens with zero attached hydrogens (tertiary/aromatic N) is 1. The van der Waals surface area contributed by atoms with E-state index >= 15 is 0 Å². The van der Waals surface area contributed by atoms with Gasteiger partial charge in [0, 0.05) is 11.0 Å². The normalized spacial score (nSPS) is 11.8. The van der Waals surface area contributed by atoms with E-state index in [0.717, 1.165) is 21.3 Å². The van der Waals surface area contributed by atoms with Crippen molar-refractivity contribution in [3.63, 3.8) is 0 Å². The molecule has 0 aliphatic heterocycles. The predicted octanol–water partition coefficient (Wildman–Crippen LogP) is 4.00. The molecule has 0 amide bonds. The Morgan fingerprint density at radius 3 is 2.35 bits per heavy atom. The summed E-state index contributed by atoms with van der Waals surface area (Å²) < 4.78 is 0. The van der Waals surface area contributed by atoms with Crippen molar-refractivity contribution in [3.05, 3.63) is 34.8 Å². The number of aryl methyl sites for hydroxylation is 1. The molecule has 0 fully saturated rings. The van der Waals surface area contributed by atoms with E-state index in [1.54, 1.807) is 11.3 Å². The van der Waals surface area contributed by atoms with Gasteiger partial charge in [-0.25, -0.2) is 4.98 Å². The molecule has 1 aromatic carbocycles. The molecule has 0 radical (unpaired) electrons. The lowest BCUT2D eigenvalue weighted by Crippen LogP contribution is -2.10. The van der Waals surface area contributed by atoms with Gasteiger partial charge in [-0.1, -0.05) is 45.0 Å². The number of thiazole rings is 1. The van der Waals surface area contributed by atoms with Crippen LogP contribution >= 0.6 is 11.3 Å². The highest BCUT2D eigenvalue weighted by Gasteiger charge is 2.21. The van der Waals surface area contributed by atoms with Crippen LogP contribution in [0.2, 0.25) is 0 Å². The molecular formula is C14H18N2S. The van der Waals surface area contributed by atoms with Crippen molar-refractivity contribution in [2.75, 3.05) is 5.73 Å². The fraction of sp³-hybridized carbons (Fsp3) is 0.357. The maximum atomic E-state index is 6.09. The van der Waals surface area contributed by atoms with E-state index in [-0.39, 0.29) is 5.41 Å². The second-order valence-corrected chi connectivity index (χ2v) is 6.33. The van der Waals surface area contributed by atoms with Crippen molar-refractivity contribution < 1.29 is 0 Å². The molecule has 0 aliphatic rings. The fourth-order valence-corrected chi connectivity index (χ4v) is 2.59. The summed E-state index contributed by atoms with van der Waals surface area (Å²) in [6.45, 7) is 8.57. The van der Waals surface area contributed by atoms with Gasteiger partial charge in [-0.2, -0.15) is 0 Å². The molecule has 2 aromatic rings. The Hall–Kier alpha value is -1.35. The zero-order chi connectivity index (χ0) is 12.6. The van der Waals surface area contributed by atoms with E-state index < -0.39 is 0 Å². The summed E-state index contributed by atoms with van der Waals surface area (Å²) >= 11 is 1.59. The third-order valence-electron chi connectivity index (χ3n) is 2.70. The van der Waals surface area contributed by atoms with Crippen LogP contribution in [0, 0.1) is 6.92 Å². The van der Waals surface area contributed by atoms with Crippen LogP contribution in [0.3, 0.4) is 0 Å². The zero-order valence-corrected chi connectivity index (χ0v) is 11.6. The molecule has 2 N–H and O–H groups in total. The quantitative estimate of drug-likeness (QED) is 0.826. The van der Waals surface area contributed by atoms with E-state index in [1.165, 1.54) is 5.56 Å². The van der Waals surface area contributed by atoms with E-state index in [9.17, 15) is 0 Å². The fourth-order valence-electron chi connectivity index (χ4n) is 1.68. The first kappa shape index (κ1) is 12.1. The van der Waals surface area contributed by atoms with Crippen molar-refractivity contribution in [2.24, 2.45) is 0 Å². The number of hydrogen-bond donors (Lipinski definition) is 1. The number of nitrogens with two attached hydrogens (primary N) is 1. The standard InChI is InChI=1S/C14H18N2S/c1-9-7-5-6-8-10(9)11-12(15)17-13(16-11)14(2,3)4/h5-8H,15H2,1-4H3. The van der Waals surface area contributed by atoms with Gasteiger partial charge < -0.3 is 5.73 Å². The summed E-state index contributed by atoms with van der Waals surface area (Å²) in [7, 11) is 0. The predicted molar refractivity (Wildman–Crippen MR) is 75.4 cm³/mol. The Morgan fingerprint density at radius 2 is 1.82 bits per heavy atom. The molecule has 3 heteroatoms. The van der Waals surface area contributed by atoms with Gasteiger partial charge >= 0.3 is 0 Å². The Bertz CT molecular complexity index is 535. The summed E-state index contributed by atoms with van der Waals surface area (Å²) in [4.78, 5) is 4.71. The molecule has 0 unspecified atom stereocenters. The van der Waals surface area contributed by atoms with Crippen molar-refractivity contribution in [1.82, 2.24) is 4.98 Å². The van der Waals surface area contributed by atoms with Crippen LogP contribution in [0.4, 0.5) is 5.00 Å². The molecule has 2 rings (SSSR count). The highest BCUT2D eigenvalue weighted by molar-refractivity contribution is 7.16. The first-order chi connectivity index (χ1) is 7.89. The van der Waals surface area contributed by atoms with E-state index in [4.69, 9.17) is 10.7 Å². The molecule has 17 heavy (non-hydrogen) atoms. The third kappa shape index (κ3) is 2.34. The maximum Gasteiger partial charge on any atom is 0.114 e. The highest BCUT2D eigenvalue weighted by Crippen LogP contribution is 2.37. The van der Waals surface area contributed by atoms with Gasteiger partial charge in [0.25, 0.3) is 0 Å². The van der Waals surface area contributed by atoms with Gasteiger partial charge in [0.15, 0.2) is 0 Å². The monoisotopic (exact) mass is 246 g/mol. The molecule has 0 saturated carbocycles. The maximum absolute atomic E-state index is 6.09. The molecule has 0 atom stereocenters. The first-order valence-electron chi connectivity index (χ1n) is 5.72. The number of aromatic nitrogens is 1. The van der Waals surface area contributed by atoms with Crippen molar-refractivity contribution in [1.29, 1.82) is 0 Å². The summed E-state index contributed by atoms with van der Waals surface area (Å²) in [5.74, 6) is 0. The minimum Gasteiger partial charge on any atom is -0.389 e. The van der Waals surface area contributed by atoms with Gasteiger partial charge in [-0.05, 0) is 12.5 Å². The molecule has 1 aromatic heterocycles. The summed E-state index contributed by atoms with van der Waals surface area (Å²) in [6.07, 6.45) is 0. The van der Waals surface area contributed by atoms with Crippen LogP contribution in [0.25, 0.3) is 11.3 Å². The average Bonchev–Trinajstić information content (AvgIpc) is 2.61. The molecule has 0 saturated heterocycles. The topological polar surface area (TPSA) is 38.9 Å². The smallest absolute Gasteiger partial charge is 0.114 e. The molecule has 0 spiro atoms. The molecule has 0 bridgehead atoms.